The zero-order chi connectivity index (χ0) is 8.84. The Morgan fingerprint density at radius 2 is 1.85 bits per heavy atom. The van der Waals surface area contributed by atoms with Crippen molar-refractivity contribution >= 4 is 22.4 Å². The summed E-state index contributed by atoms with van der Waals surface area (Å²) in [4.78, 5) is 0. The molecule has 0 amide bonds. The lowest BCUT2D eigenvalue weighted by molar-refractivity contribution is 0.978. The first-order valence-corrected chi connectivity index (χ1v) is 4.94. The maximum Gasteiger partial charge on any atom is 0.0631 e. The maximum absolute atomic E-state index is 6.25. The van der Waals surface area contributed by atoms with E-state index in [4.69, 9.17) is 11.6 Å². The molecular formula is C12H9Cl. The van der Waals surface area contributed by atoms with E-state index in [9.17, 15) is 0 Å². The molecule has 0 aromatic heterocycles. The summed E-state index contributed by atoms with van der Waals surface area (Å²) in [7, 11) is 0. The summed E-state index contributed by atoms with van der Waals surface area (Å²) in [5.41, 5.74) is 2.70. The van der Waals surface area contributed by atoms with Crippen LogP contribution in [-0.4, -0.2) is 0 Å². The number of benzene rings is 2. The van der Waals surface area contributed by atoms with Gasteiger partial charge in [-0.1, -0.05) is 36.4 Å². The van der Waals surface area contributed by atoms with Crippen LogP contribution in [0, 0.1) is 0 Å². The molecule has 0 heterocycles. The van der Waals surface area contributed by atoms with Crippen LogP contribution in [-0.2, 0) is 6.42 Å². The molecule has 1 aliphatic rings. The summed E-state index contributed by atoms with van der Waals surface area (Å²) in [5.74, 6) is 0. The molecule has 64 valence electrons. The van der Waals surface area contributed by atoms with Crippen LogP contribution in [0.1, 0.15) is 16.5 Å². The molecule has 0 unspecified atom stereocenters. The van der Waals surface area contributed by atoms with E-state index in [1.165, 1.54) is 21.9 Å². The molecule has 3 rings (SSSR count). The lowest BCUT2D eigenvalue weighted by Gasteiger charge is -2.01. The number of hydrogen-bond donors (Lipinski definition) is 0. The molecule has 1 heteroatoms. The van der Waals surface area contributed by atoms with Crippen LogP contribution in [0.3, 0.4) is 0 Å². The van der Waals surface area contributed by atoms with Crippen molar-refractivity contribution in [1.29, 1.82) is 0 Å². The summed E-state index contributed by atoms with van der Waals surface area (Å²) >= 11 is 6.25. The number of halogens is 1. The fraction of sp³-hybridized carbons (Fsp3) is 0.167. The summed E-state index contributed by atoms with van der Waals surface area (Å²) in [5, 5.41) is 2.88. The van der Waals surface area contributed by atoms with E-state index in [2.05, 4.69) is 36.4 Å². The van der Waals surface area contributed by atoms with Gasteiger partial charge in [-0.3, -0.25) is 0 Å². The number of alkyl halides is 1. The molecule has 1 aliphatic carbocycles. The van der Waals surface area contributed by atoms with Crippen LogP contribution in [0.2, 0.25) is 0 Å². The molecule has 0 nitrogen and oxygen atoms in total. The first-order valence-electron chi connectivity index (χ1n) is 4.51. The van der Waals surface area contributed by atoms with Crippen molar-refractivity contribution in [2.75, 3.05) is 0 Å². The summed E-state index contributed by atoms with van der Waals surface area (Å²) in [6.45, 7) is 0. The van der Waals surface area contributed by atoms with Crippen LogP contribution in [0.5, 0.6) is 0 Å². The van der Waals surface area contributed by atoms with E-state index in [0.29, 0.717) is 0 Å². The zero-order valence-electron chi connectivity index (χ0n) is 7.13. The van der Waals surface area contributed by atoms with Gasteiger partial charge in [0.05, 0.1) is 5.38 Å². The quantitative estimate of drug-likeness (QED) is 0.554. The van der Waals surface area contributed by atoms with Crippen molar-refractivity contribution in [2.24, 2.45) is 0 Å². The Morgan fingerprint density at radius 3 is 2.69 bits per heavy atom. The molecule has 0 saturated carbocycles. The van der Waals surface area contributed by atoms with Crippen LogP contribution >= 0.6 is 11.6 Å². The van der Waals surface area contributed by atoms with Crippen molar-refractivity contribution in [2.45, 2.75) is 11.8 Å². The van der Waals surface area contributed by atoms with Crippen molar-refractivity contribution in [1.82, 2.24) is 0 Å². The average Bonchev–Trinajstić information content (AvgIpc) is 2.47. The molecular weight excluding hydrogens is 180 g/mol. The Hall–Kier alpha value is -1.01. The maximum atomic E-state index is 6.25. The van der Waals surface area contributed by atoms with E-state index >= 15 is 0 Å². The normalized spacial score (nSPS) is 19.6. The van der Waals surface area contributed by atoms with Gasteiger partial charge in [0.15, 0.2) is 0 Å². The van der Waals surface area contributed by atoms with Crippen molar-refractivity contribution in [3.63, 3.8) is 0 Å². The van der Waals surface area contributed by atoms with Crippen LogP contribution in [0.25, 0.3) is 10.8 Å². The molecule has 1 atom stereocenters. The van der Waals surface area contributed by atoms with Gasteiger partial charge in [0, 0.05) is 0 Å². The lowest BCUT2D eigenvalue weighted by atomic mass is 10.1. The fourth-order valence-corrected chi connectivity index (χ4v) is 2.53. The minimum atomic E-state index is 0.182. The highest BCUT2D eigenvalue weighted by Gasteiger charge is 2.21. The number of rotatable bonds is 0. The van der Waals surface area contributed by atoms with E-state index in [1.807, 2.05) is 0 Å². The first kappa shape index (κ1) is 7.40. The predicted molar refractivity (Wildman–Crippen MR) is 56.2 cm³/mol. The van der Waals surface area contributed by atoms with E-state index in [1.54, 1.807) is 0 Å². The average molecular weight is 189 g/mol. The molecule has 0 spiro atoms. The van der Waals surface area contributed by atoms with E-state index < -0.39 is 0 Å². The van der Waals surface area contributed by atoms with Crippen molar-refractivity contribution in [3.8, 4) is 0 Å². The molecule has 0 radical (unpaired) electrons. The molecule has 0 fully saturated rings. The summed E-state index contributed by atoms with van der Waals surface area (Å²) in [6, 6.07) is 12.8. The third-order valence-electron chi connectivity index (χ3n) is 2.76. The predicted octanol–water partition coefficient (Wildman–Crippen LogP) is 3.68. The van der Waals surface area contributed by atoms with Gasteiger partial charge in [0.25, 0.3) is 0 Å². The molecule has 0 bridgehead atoms. The monoisotopic (exact) mass is 188 g/mol. The first-order chi connectivity index (χ1) is 6.36. The Kier molecular flexibility index (Phi) is 1.42. The zero-order valence-corrected chi connectivity index (χ0v) is 7.88. The van der Waals surface area contributed by atoms with Gasteiger partial charge < -0.3 is 0 Å². The smallest absolute Gasteiger partial charge is 0.0631 e. The van der Waals surface area contributed by atoms with Crippen molar-refractivity contribution < 1.29 is 0 Å². The van der Waals surface area contributed by atoms with Crippen molar-refractivity contribution in [3.05, 3.63) is 47.5 Å². The Bertz CT molecular complexity index is 468. The van der Waals surface area contributed by atoms with Gasteiger partial charge in [-0.15, -0.1) is 11.6 Å². The number of hydrogen-bond acceptors (Lipinski definition) is 0. The summed E-state index contributed by atoms with van der Waals surface area (Å²) < 4.78 is 0. The second kappa shape index (κ2) is 2.49. The lowest BCUT2D eigenvalue weighted by Crippen LogP contribution is -1.83. The highest BCUT2D eigenvalue weighted by molar-refractivity contribution is 6.23. The standard InChI is InChI=1S/C12H9Cl/c13-11-7-9-5-1-3-8-4-2-6-10(11)12(8)9/h1-6,11H,7H2/t11-/m0/s1. The second-order valence-electron chi connectivity index (χ2n) is 3.53. The molecule has 13 heavy (non-hydrogen) atoms. The third-order valence-corrected chi connectivity index (χ3v) is 3.15. The van der Waals surface area contributed by atoms with E-state index in [-0.39, 0.29) is 5.38 Å². The van der Waals surface area contributed by atoms with Gasteiger partial charge in [-0.2, -0.15) is 0 Å². The minimum absolute atomic E-state index is 0.182. The van der Waals surface area contributed by atoms with Gasteiger partial charge in [0.2, 0.25) is 0 Å². The fourth-order valence-electron chi connectivity index (χ4n) is 2.18. The Balaban J connectivity index is 2.51. The molecule has 0 N–H and O–H groups in total. The molecule has 0 aliphatic heterocycles. The Morgan fingerprint density at radius 1 is 1.08 bits per heavy atom. The SMILES string of the molecule is Cl[C@H]1Cc2cccc3cccc1c23. The third kappa shape index (κ3) is 0.925. The second-order valence-corrected chi connectivity index (χ2v) is 4.06. The highest BCUT2D eigenvalue weighted by atomic mass is 35.5. The largest absolute Gasteiger partial charge is 0.117 e. The topological polar surface area (TPSA) is 0 Å². The Labute approximate surface area is 82.1 Å². The van der Waals surface area contributed by atoms with Crippen LogP contribution < -0.4 is 0 Å². The van der Waals surface area contributed by atoms with E-state index in [0.717, 1.165) is 6.42 Å². The molecule has 2 aromatic carbocycles. The van der Waals surface area contributed by atoms with Crippen LogP contribution in [0.15, 0.2) is 36.4 Å². The minimum Gasteiger partial charge on any atom is -0.117 e. The molecule has 2 aromatic rings. The van der Waals surface area contributed by atoms with Gasteiger partial charge in [0.1, 0.15) is 0 Å². The summed E-state index contributed by atoms with van der Waals surface area (Å²) in [6.07, 6.45) is 0.984. The van der Waals surface area contributed by atoms with Gasteiger partial charge in [-0.05, 0) is 28.3 Å². The molecule has 0 saturated heterocycles. The highest BCUT2D eigenvalue weighted by Crippen LogP contribution is 2.39. The van der Waals surface area contributed by atoms with Gasteiger partial charge >= 0.3 is 0 Å². The van der Waals surface area contributed by atoms with Gasteiger partial charge in [-0.25, -0.2) is 0 Å². The van der Waals surface area contributed by atoms with Crippen LogP contribution in [0.4, 0.5) is 0 Å².